The number of carboxylic acids is 1. The zero-order valence-corrected chi connectivity index (χ0v) is 10.2. The SMILES string of the molecule is C=CCN(CCC(=O)O)Cc1ccc(C)cc1. The second-order valence-electron chi connectivity index (χ2n) is 4.15. The van der Waals surface area contributed by atoms with Crippen LogP contribution < -0.4 is 0 Å². The monoisotopic (exact) mass is 233 g/mol. The number of carboxylic acid groups (broad SMARTS) is 1. The van der Waals surface area contributed by atoms with E-state index in [1.165, 1.54) is 11.1 Å². The fraction of sp³-hybridized carbons (Fsp3) is 0.357. The molecule has 1 aromatic rings. The number of aliphatic carboxylic acids is 1. The molecule has 1 rings (SSSR count). The zero-order valence-electron chi connectivity index (χ0n) is 10.2. The van der Waals surface area contributed by atoms with Gasteiger partial charge in [0.2, 0.25) is 0 Å². The Hall–Kier alpha value is -1.61. The van der Waals surface area contributed by atoms with Gasteiger partial charge in [0.15, 0.2) is 0 Å². The molecule has 0 fully saturated rings. The Bertz CT molecular complexity index is 370. The second kappa shape index (κ2) is 6.86. The number of hydrogen-bond donors (Lipinski definition) is 1. The molecule has 0 bridgehead atoms. The molecule has 3 heteroatoms. The smallest absolute Gasteiger partial charge is 0.304 e. The molecule has 0 spiro atoms. The molecule has 0 saturated carbocycles. The van der Waals surface area contributed by atoms with Crippen LogP contribution in [0.2, 0.25) is 0 Å². The average molecular weight is 233 g/mol. The lowest BCUT2D eigenvalue weighted by molar-refractivity contribution is -0.137. The van der Waals surface area contributed by atoms with E-state index in [0.29, 0.717) is 13.1 Å². The molecule has 0 atom stereocenters. The molecule has 0 heterocycles. The van der Waals surface area contributed by atoms with Crippen LogP contribution in [0.15, 0.2) is 36.9 Å². The Kier molecular flexibility index (Phi) is 5.43. The fourth-order valence-electron chi connectivity index (χ4n) is 1.62. The van der Waals surface area contributed by atoms with Crippen LogP contribution in [0.3, 0.4) is 0 Å². The molecule has 17 heavy (non-hydrogen) atoms. The molecule has 0 aromatic heterocycles. The summed E-state index contributed by atoms with van der Waals surface area (Å²) in [5.41, 5.74) is 2.43. The van der Waals surface area contributed by atoms with Crippen LogP contribution in [0.4, 0.5) is 0 Å². The third-order valence-corrected chi connectivity index (χ3v) is 2.56. The standard InChI is InChI=1S/C14H19NO2/c1-3-9-15(10-8-14(16)17)11-13-6-4-12(2)5-7-13/h3-7H,1,8-11H2,2H3,(H,16,17). The molecule has 3 nitrogen and oxygen atoms in total. The maximum atomic E-state index is 10.6. The summed E-state index contributed by atoms with van der Waals surface area (Å²) in [7, 11) is 0. The van der Waals surface area contributed by atoms with Gasteiger partial charge in [0.1, 0.15) is 0 Å². The first-order valence-electron chi connectivity index (χ1n) is 5.72. The third kappa shape index (κ3) is 5.31. The van der Waals surface area contributed by atoms with Crippen molar-refractivity contribution in [2.75, 3.05) is 13.1 Å². The van der Waals surface area contributed by atoms with E-state index in [1.807, 2.05) is 0 Å². The molecule has 92 valence electrons. The average Bonchev–Trinajstić information content (AvgIpc) is 2.29. The lowest BCUT2D eigenvalue weighted by Crippen LogP contribution is -2.26. The van der Waals surface area contributed by atoms with Crippen LogP contribution in [-0.4, -0.2) is 29.1 Å². The Morgan fingerprint density at radius 3 is 2.59 bits per heavy atom. The van der Waals surface area contributed by atoms with Crippen molar-refractivity contribution < 1.29 is 9.90 Å². The molecular formula is C14H19NO2. The number of rotatable bonds is 7. The minimum absolute atomic E-state index is 0.166. The van der Waals surface area contributed by atoms with Crippen LogP contribution in [0.1, 0.15) is 17.5 Å². The predicted octanol–water partition coefficient (Wildman–Crippen LogP) is 2.46. The van der Waals surface area contributed by atoms with Crippen LogP contribution in [0.25, 0.3) is 0 Å². The highest BCUT2D eigenvalue weighted by Crippen LogP contribution is 2.07. The van der Waals surface area contributed by atoms with Crippen LogP contribution in [0.5, 0.6) is 0 Å². The van der Waals surface area contributed by atoms with Gasteiger partial charge < -0.3 is 5.11 Å². The predicted molar refractivity (Wildman–Crippen MR) is 68.9 cm³/mol. The van der Waals surface area contributed by atoms with Crippen molar-refractivity contribution in [1.82, 2.24) is 4.90 Å². The van der Waals surface area contributed by atoms with Gasteiger partial charge in [0.05, 0.1) is 6.42 Å². The summed E-state index contributed by atoms with van der Waals surface area (Å²) >= 11 is 0. The summed E-state index contributed by atoms with van der Waals surface area (Å²) in [6, 6.07) is 8.29. The summed E-state index contributed by atoms with van der Waals surface area (Å²) in [5, 5.41) is 8.68. The quantitative estimate of drug-likeness (QED) is 0.735. The van der Waals surface area contributed by atoms with Gasteiger partial charge in [-0.3, -0.25) is 9.69 Å². The molecule has 1 aromatic carbocycles. The van der Waals surface area contributed by atoms with Gasteiger partial charge in [-0.15, -0.1) is 6.58 Å². The Labute approximate surface area is 102 Å². The summed E-state index contributed by atoms with van der Waals surface area (Å²) < 4.78 is 0. The minimum Gasteiger partial charge on any atom is -0.481 e. The van der Waals surface area contributed by atoms with Crippen molar-refractivity contribution in [3.63, 3.8) is 0 Å². The van der Waals surface area contributed by atoms with Gasteiger partial charge in [-0.25, -0.2) is 0 Å². The summed E-state index contributed by atoms with van der Waals surface area (Å²) in [6.07, 6.45) is 1.97. The second-order valence-corrected chi connectivity index (χ2v) is 4.15. The van der Waals surface area contributed by atoms with Crippen LogP contribution >= 0.6 is 0 Å². The molecule has 0 radical (unpaired) electrons. The van der Waals surface area contributed by atoms with E-state index >= 15 is 0 Å². The highest BCUT2D eigenvalue weighted by atomic mass is 16.4. The van der Waals surface area contributed by atoms with Crippen molar-refractivity contribution in [3.8, 4) is 0 Å². The van der Waals surface area contributed by atoms with Crippen LogP contribution in [-0.2, 0) is 11.3 Å². The Balaban J connectivity index is 2.56. The number of aryl methyl sites for hydroxylation is 1. The molecule has 1 N–H and O–H groups in total. The maximum absolute atomic E-state index is 10.6. The van der Waals surface area contributed by atoms with E-state index in [4.69, 9.17) is 5.11 Å². The van der Waals surface area contributed by atoms with E-state index in [2.05, 4.69) is 42.7 Å². The number of carbonyl (C=O) groups is 1. The Morgan fingerprint density at radius 1 is 1.41 bits per heavy atom. The zero-order chi connectivity index (χ0) is 12.7. The highest BCUT2D eigenvalue weighted by molar-refractivity contribution is 5.66. The van der Waals surface area contributed by atoms with E-state index in [9.17, 15) is 4.79 Å². The first-order valence-corrected chi connectivity index (χ1v) is 5.72. The number of nitrogens with zero attached hydrogens (tertiary/aromatic N) is 1. The molecule has 0 aliphatic carbocycles. The van der Waals surface area contributed by atoms with E-state index in [0.717, 1.165) is 6.54 Å². The van der Waals surface area contributed by atoms with Gasteiger partial charge in [0, 0.05) is 19.6 Å². The normalized spacial score (nSPS) is 10.5. The van der Waals surface area contributed by atoms with E-state index in [1.54, 1.807) is 6.08 Å². The molecule has 0 unspecified atom stereocenters. The third-order valence-electron chi connectivity index (χ3n) is 2.56. The van der Waals surface area contributed by atoms with Gasteiger partial charge >= 0.3 is 5.97 Å². The first-order chi connectivity index (χ1) is 8.11. The van der Waals surface area contributed by atoms with Gasteiger partial charge in [-0.1, -0.05) is 35.9 Å². The van der Waals surface area contributed by atoms with Gasteiger partial charge in [-0.2, -0.15) is 0 Å². The highest BCUT2D eigenvalue weighted by Gasteiger charge is 2.06. The summed E-state index contributed by atoms with van der Waals surface area (Å²) in [4.78, 5) is 12.6. The summed E-state index contributed by atoms with van der Waals surface area (Å²) in [5.74, 6) is -0.761. The molecule has 0 saturated heterocycles. The van der Waals surface area contributed by atoms with Crippen LogP contribution in [0, 0.1) is 6.92 Å². The van der Waals surface area contributed by atoms with Crippen molar-refractivity contribution in [1.29, 1.82) is 0 Å². The maximum Gasteiger partial charge on any atom is 0.304 e. The van der Waals surface area contributed by atoms with E-state index in [-0.39, 0.29) is 6.42 Å². The summed E-state index contributed by atoms with van der Waals surface area (Å²) in [6.45, 7) is 7.77. The van der Waals surface area contributed by atoms with Crippen molar-refractivity contribution in [2.45, 2.75) is 19.9 Å². The van der Waals surface area contributed by atoms with Gasteiger partial charge in [-0.05, 0) is 12.5 Å². The van der Waals surface area contributed by atoms with E-state index < -0.39 is 5.97 Å². The first kappa shape index (κ1) is 13.5. The molecule has 0 aliphatic rings. The Morgan fingerprint density at radius 2 is 2.06 bits per heavy atom. The van der Waals surface area contributed by atoms with Crippen molar-refractivity contribution in [3.05, 3.63) is 48.0 Å². The molecular weight excluding hydrogens is 214 g/mol. The lowest BCUT2D eigenvalue weighted by Gasteiger charge is -2.19. The topological polar surface area (TPSA) is 40.5 Å². The molecule has 0 aliphatic heterocycles. The number of hydrogen-bond acceptors (Lipinski definition) is 2. The molecule has 0 amide bonds. The minimum atomic E-state index is -0.761. The largest absolute Gasteiger partial charge is 0.481 e. The van der Waals surface area contributed by atoms with Crippen molar-refractivity contribution in [2.24, 2.45) is 0 Å². The lowest BCUT2D eigenvalue weighted by atomic mass is 10.1. The fourth-order valence-corrected chi connectivity index (χ4v) is 1.62. The van der Waals surface area contributed by atoms with Crippen molar-refractivity contribution >= 4 is 5.97 Å². The van der Waals surface area contributed by atoms with Gasteiger partial charge in [0.25, 0.3) is 0 Å². The number of benzene rings is 1.